The van der Waals surface area contributed by atoms with E-state index < -0.39 is 0 Å². The molecule has 2 aromatic carbocycles. The molecule has 2 rings (SSSR count). The van der Waals surface area contributed by atoms with Crippen molar-refractivity contribution < 1.29 is 14.3 Å². The van der Waals surface area contributed by atoms with Crippen LogP contribution >= 0.6 is 11.8 Å². The molecule has 0 saturated heterocycles. The first-order valence-electron chi connectivity index (χ1n) is 7.22. The van der Waals surface area contributed by atoms with Crippen LogP contribution in [0.2, 0.25) is 0 Å². The summed E-state index contributed by atoms with van der Waals surface area (Å²) in [5.74, 6) is 0.713. The third kappa shape index (κ3) is 4.86. The van der Waals surface area contributed by atoms with E-state index in [9.17, 15) is 9.59 Å². The Bertz CT molecular complexity index is 680. The predicted molar refractivity (Wildman–Crippen MR) is 93.4 cm³/mol. The standard InChI is InChI=1S/C18H19NO3S/c1-12(20)14-4-6-15(7-5-14)19-18(21)13(2)23-17-10-8-16(22-3)9-11-17/h4-11,13H,1-3H3,(H,19,21). The van der Waals surface area contributed by atoms with Crippen molar-refractivity contribution in [2.75, 3.05) is 12.4 Å². The van der Waals surface area contributed by atoms with Gasteiger partial charge < -0.3 is 10.1 Å². The fraction of sp³-hybridized carbons (Fsp3) is 0.222. The first-order valence-corrected chi connectivity index (χ1v) is 8.10. The molecule has 1 amide bonds. The number of thioether (sulfide) groups is 1. The van der Waals surface area contributed by atoms with Crippen molar-refractivity contribution in [2.24, 2.45) is 0 Å². The summed E-state index contributed by atoms with van der Waals surface area (Å²) in [6, 6.07) is 14.5. The van der Waals surface area contributed by atoms with Crippen molar-refractivity contribution in [3.8, 4) is 5.75 Å². The van der Waals surface area contributed by atoms with Crippen LogP contribution in [-0.2, 0) is 4.79 Å². The number of amides is 1. The zero-order valence-corrected chi connectivity index (χ0v) is 14.1. The Kier molecular flexibility index (Phi) is 5.82. The fourth-order valence-corrected chi connectivity index (χ4v) is 2.81. The number of ketones is 1. The summed E-state index contributed by atoms with van der Waals surface area (Å²) in [4.78, 5) is 24.5. The lowest BCUT2D eigenvalue weighted by atomic mass is 10.1. The number of nitrogens with one attached hydrogen (secondary N) is 1. The number of benzene rings is 2. The second-order valence-electron chi connectivity index (χ2n) is 5.06. The molecule has 4 nitrogen and oxygen atoms in total. The molecular formula is C18H19NO3S. The number of hydrogen-bond acceptors (Lipinski definition) is 4. The lowest BCUT2D eigenvalue weighted by Gasteiger charge is -2.12. The summed E-state index contributed by atoms with van der Waals surface area (Å²) in [5.41, 5.74) is 1.31. The molecule has 0 heterocycles. The maximum atomic E-state index is 12.2. The highest BCUT2D eigenvalue weighted by Crippen LogP contribution is 2.26. The number of ether oxygens (including phenoxy) is 1. The van der Waals surface area contributed by atoms with E-state index in [1.165, 1.54) is 18.7 Å². The highest BCUT2D eigenvalue weighted by molar-refractivity contribution is 8.00. The Hall–Kier alpha value is -2.27. The van der Waals surface area contributed by atoms with E-state index in [-0.39, 0.29) is 16.9 Å². The summed E-state index contributed by atoms with van der Waals surface area (Å²) >= 11 is 1.48. The minimum absolute atomic E-state index is 0.00584. The number of Topliss-reactive ketones (excluding diaryl/α,β-unsaturated/α-hetero) is 1. The molecule has 0 fully saturated rings. The van der Waals surface area contributed by atoms with E-state index in [4.69, 9.17) is 4.74 Å². The second kappa shape index (κ2) is 7.83. The first-order chi connectivity index (χ1) is 11.0. The maximum Gasteiger partial charge on any atom is 0.237 e. The van der Waals surface area contributed by atoms with Crippen LogP contribution in [0.1, 0.15) is 24.2 Å². The Balaban J connectivity index is 1.94. The number of methoxy groups -OCH3 is 1. The fourth-order valence-electron chi connectivity index (χ4n) is 1.94. The van der Waals surface area contributed by atoms with Gasteiger partial charge in [0, 0.05) is 16.1 Å². The van der Waals surface area contributed by atoms with Gasteiger partial charge in [-0.25, -0.2) is 0 Å². The average Bonchev–Trinajstić information content (AvgIpc) is 2.56. The van der Waals surface area contributed by atoms with E-state index in [2.05, 4.69) is 5.32 Å². The number of hydrogen-bond donors (Lipinski definition) is 1. The van der Waals surface area contributed by atoms with Crippen LogP contribution in [-0.4, -0.2) is 24.1 Å². The van der Waals surface area contributed by atoms with Crippen LogP contribution in [0, 0.1) is 0 Å². The van der Waals surface area contributed by atoms with Crippen LogP contribution in [0.3, 0.4) is 0 Å². The van der Waals surface area contributed by atoms with E-state index in [0.29, 0.717) is 11.3 Å². The Morgan fingerprint density at radius 2 is 1.65 bits per heavy atom. The third-order valence-electron chi connectivity index (χ3n) is 3.30. The molecule has 0 aliphatic carbocycles. The number of rotatable bonds is 6. The van der Waals surface area contributed by atoms with Gasteiger partial charge in [-0.15, -0.1) is 11.8 Å². The van der Waals surface area contributed by atoms with Crippen molar-refractivity contribution in [3.05, 3.63) is 54.1 Å². The highest BCUT2D eigenvalue weighted by Gasteiger charge is 2.14. The van der Waals surface area contributed by atoms with E-state index >= 15 is 0 Å². The largest absolute Gasteiger partial charge is 0.497 e. The van der Waals surface area contributed by atoms with Gasteiger partial charge in [-0.1, -0.05) is 0 Å². The van der Waals surface area contributed by atoms with Crippen LogP contribution in [0.25, 0.3) is 0 Å². The third-order valence-corrected chi connectivity index (χ3v) is 4.41. The molecule has 0 spiro atoms. The van der Waals surface area contributed by atoms with Gasteiger partial charge in [-0.3, -0.25) is 9.59 Å². The quantitative estimate of drug-likeness (QED) is 0.642. The van der Waals surface area contributed by atoms with Crippen LogP contribution < -0.4 is 10.1 Å². The molecule has 2 aromatic rings. The lowest BCUT2D eigenvalue weighted by molar-refractivity contribution is -0.115. The van der Waals surface area contributed by atoms with Gasteiger partial charge in [0.15, 0.2) is 5.78 Å². The smallest absolute Gasteiger partial charge is 0.237 e. The maximum absolute atomic E-state index is 12.2. The Morgan fingerprint density at radius 3 is 2.17 bits per heavy atom. The molecule has 0 aliphatic rings. The van der Waals surface area contributed by atoms with Gasteiger partial charge in [0.05, 0.1) is 12.4 Å². The minimum atomic E-state index is -0.240. The average molecular weight is 329 g/mol. The SMILES string of the molecule is COc1ccc(SC(C)C(=O)Nc2ccc(C(C)=O)cc2)cc1. The molecule has 5 heteroatoms. The van der Waals surface area contributed by atoms with Gasteiger partial charge in [0.2, 0.25) is 5.91 Å². The number of carbonyl (C=O) groups excluding carboxylic acids is 2. The monoisotopic (exact) mass is 329 g/mol. The van der Waals surface area contributed by atoms with E-state index in [0.717, 1.165) is 10.6 Å². The zero-order valence-electron chi connectivity index (χ0n) is 13.3. The predicted octanol–water partition coefficient (Wildman–Crippen LogP) is 4.02. The molecule has 1 N–H and O–H groups in total. The van der Waals surface area contributed by atoms with Gasteiger partial charge in [0.1, 0.15) is 5.75 Å². The summed E-state index contributed by atoms with van der Waals surface area (Å²) < 4.78 is 5.11. The molecule has 0 radical (unpaired) electrons. The van der Waals surface area contributed by atoms with Gasteiger partial charge in [0.25, 0.3) is 0 Å². The van der Waals surface area contributed by atoms with Crippen LogP contribution in [0.5, 0.6) is 5.75 Å². The molecule has 0 bridgehead atoms. The van der Waals surface area contributed by atoms with Gasteiger partial charge in [-0.05, 0) is 62.4 Å². The molecule has 0 aliphatic heterocycles. The van der Waals surface area contributed by atoms with Crippen molar-refractivity contribution in [1.29, 1.82) is 0 Å². The molecule has 23 heavy (non-hydrogen) atoms. The van der Waals surface area contributed by atoms with Crippen molar-refractivity contribution in [3.63, 3.8) is 0 Å². The van der Waals surface area contributed by atoms with Crippen molar-refractivity contribution in [1.82, 2.24) is 0 Å². The first kappa shape index (κ1) is 17.1. The van der Waals surface area contributed by atoms with Crippen LogP contribution in [0.4, 0.5) is 5.69 Å². The van der Waals surface area contributed by atoms with E-state index in [1.807, 2.05) is 31.2 Å². The van der Waals surface area contributed by atoms with E-state index in [1.54, 1.807) is 31.4 Å². The molecule has 0 saturated carbocycles. The highest BCUT2D eigenvalue weighted by atomic mass is 32.2. The number of anilines is 1. The summed E-state index contributed by atoms with van der Waals surface area (Å²) in [5, 5.41) is 2.61. The Labute approximate surface area is 140 Å². The Morgan fingerprint density at radius 1 is 1.04 bits per heavy atom. The van der Waals surface area contributed by atoms with Gasteiger partial charge in [-0.2, -0.15) is 0 Å². The summed E-state index contributed by atoms with van der Waals surface area (Å²) in [6.07, 6.45) is 0. The van der Waals surface area contributed by atoms with Crippen LogP contribution in [0.15, 0.2) is 53.4 Å². The van der Waals surface area contributed by atoms with Crippen molar-refractivity contribution >= 4 is 29.1 Å². The van der Waals surface area contributed by atoms with Crippen molar-refractivity contribution in [2.45, 2.75) is 24.0 Å². The lowest BCUT2D eigenvalue weighted by Crippen LogP contribution is -2.22. The zero-order chi connectivity index (χ0) is 16.8. The summed E-state index contributed by atoms with van der Waals surface area (Å²) in [6.45, 7) is 3.37. The second-order valence-corrected chi connectivity index (χ2v) is 6.47. The summed E-state index contributed by atoms with van der Waals surface area (Å²) in [7, 11) is 1.62. The molecule has 120 valence electrons. The normalized spacial score (nSPS) is 11.6. The molecular weight excluding hydrogens is 310 g/mol. The molecule has 1 atom stereocenters. The number of carbonyl (C=O) groups is 2. The molecule has 1 unspecified atom stereocenters. The molecule has 0 aromatic heterocycles. The topological polar surface area (TPSA) is 55.4 Å². The van der Waals surface area contributed by atoms with Gasteiger partial charge >= 0.3 is 0 Å². The minimum Gasteiger partial charge on any atom is -0.497 e.